The van der Waals surface area contributed by atoms with Gasteiger partial charge in [0.05, 0.1) is 17.2 Å². The van der Waals surface area contributed by atoms with Gasteiger partial charge in [0.2, 0.25) is 0 Å². The summed E-state index contributed by atoms with van der Waals surface area (Å²) < 4.78 is 60.8. The molecule has 1 aromatic carbocycles. The molecule has 0 saturated carbocycles. The van der Waals surface area contributed by atoms with Crippen LogP contribution >= 0.6 is 0 Å². The van der Waals surface area contributed by atoms with Gasteiger partial charge in [-0.25, -0.2) is 8.78 Å². The van der Waals surface area contributed by atoms with Gasteiger partial charge in [0.25, 0.3) is 6.43 Å². The molecule has 6 heteroatoms. The Hall–Kier alpha value is -1.64. The number of halogens is 5. The van der Waals surface area contributed by atoms with Crippen molar-refractivity contribution in [1.29, 1.82) is 5.26 Å². The van der Waals surface area contributed by atoms with E-state index in [0.29, 0.717) is 18.2 Å². The highest BCUT2D eigenvalue weighted by molar-refractivity contribution is 5.42. The maximum atomic E-state index is 12.2. The minimum atomic E-state index is -4.63. The molecule has 0 amide bonds. The van der Waals surface area contributed by atoms with Gasteiger partial charge in [-0.1, -0.05) is 6.07 Å². The van der Waals surface area contributed by atoms with Gasteiger partial charge >= 0.3 is 6.18 Å². The Labute approximate surface area is 81.7 Å². The molecule has 0 radical (unpaired) electrons. The third-order valence-corrected chi connectivity index (χ3v) is 1.74. The number of alkyl halides is 5. The summed E-state index contributed by atoms with van der Waals surface area (Å²) in [5.74, 6) is 0. The van der Waals surface area contributed by atoms with Crippen molar-refractivity contribution < 1.29 is 22.0 Å². The fourth-order valence-corrected chi connectivity index (χ4v) is 1.02. The molecular weight excluding hydrogens is 217 g/mol. The van der Waals surface area contributed by atoms with Gasteiger partial charge in [0.1, 0.15) is 0 Å². The quantitative estimate of drug-likeness (QED) is 0.665. The van der Waals surface area contributed by atoms with Crippen molar-refractivity contribution in [1.82, 2.24) is 0 Å². The van der Waals surface area contributed by atoms with Gasteiger partial charge < -0.3 is 0 Å². The van der Waals surface area contributed by atoms with E-state index in [1.54, 1.807) is 0 Å². The topological polar surface area (TPSA) is 23.8 Å². The van der Waals surface area contributed by atoms with E-state index >= 15 is 0 Å². The first-order valence-electron chi connectivity index (χ1n) is 3.75. The largest absolute Gasteiger partial charge is 0.416 e. The smallest absolute Gasteiger partial charge is 0.205 e. The average molecular weight is 221 g/mol. The lowest BCUT2D eigenvalue weighted by atomic mass is 10.0. The zero-order valence-corrected chi connectivity index (χ0v) is 7.15. The van der Waals surface area contributed by atoms with Gasteiger partial charge in [0, 0.05) is 5.56 Å². The Morgan fingerprint density at radius 3 is 2.20 bits per heavy atom. The van der Waals surface area contributed by atoms with E-state index in [9.17, 15) is 22.0 Å². The summed E-state index contributed by atoms with van der Waals surface area (Å²) in [5, 5.41) is 8.41. The Kier molecular flexibility index (Phi) is 2.93. The second-order valence-electron chi connectivity index (χ2n) is 2.71. The molecular formula is C9H4F5N. The van der Waals surface area contributed by atoms with E-state index in [1.165, 1.54) is 6.07 Å². The maximum Gasteiger partial charge on any atom is 0.416 e. The van der Waals surface area contributed by atoms with Crippen molar-refractivity contribution in [2.75, 3.05) is 0 Å². The van der Waals surface area contributed by atoms with Crippen LogP contribution < -0.4 is 0 Å². The van der Waals surface area contributed by atoms with Crippen LogP contribution in [-0.4, -0.2) is 0 Å². The molecule has 0 N–H and O–H groups in total. The molecule has 0 heterocycles. The number of benzene rings is 1. The number of hydrogen-bond donors (Lipinski definition) is 0. The highest BCUT2D eigenvalue weighted by Crippen LogP contribution is 2.32. The molecule has 0 aliphatic heterocycles. The number of nitriles is 1. The highest BCUT2D eigenvalue weighted by Gasteiger charge is 2.31. The van der Waals surface area contributed by atoms with Crippen LogP contribution in [0.15, 0.2) is 18.2 Å². The minimum absolute atomic E-state index is 0.418. The molecule has 0 fully saturated rings. The van der Waals surface area contributed by atoms with E-state index in [4.69, 9.17) is 5.26 Å². The van der Waals surface area contributed by atoms with Crippen molar-refractivity contribution in [2.24, 2.45) is 0 Å². The molecule has 15 heavy (non-hydrogen) atoms. The van der Waals surface area contributed by atoms with Crippen LogP contribution in [0.2, 0.25) is 0 Å². The minimum Gasteiger partial charge on any atom is -0.205 e. The normalized spacial score (nSPS) is 11.5. The van der Waals surface area contributed by atoms with Crippen molar-refractivity contribution in [3.63, 3.8) is 0 Å². The Morgan fingerprint density at radius 1 is 1.20 bits per heavy atom. The summed E-state index contributed by atoms with van der Waals surface area (Å²) in [6.07, 6.45) is -7.59. The van der Waals surface area contributed by atoms with Crippen molar-refractivity contribution >= 4 is 0 Å². The molecule has 1 nitrogen and oxygen atoms in total. The average Bonchev–Trinajstić information content (AvgIpc) is 2.15. The first-order chi connectivity index (χ1) is 6.86. The molecule has 0 aliphatic carbocycles. The monoisotopic (exact) mass is 221 g/mol. The zero-order valence-electron chi connectivity index (χ0n) is 7.15. The third kappa shape index (κ3) is 2.43. The lowest BCUT2D eigenvalue weighted by molar-refractivity contribution is -0.137. The Balaban J connectivity index is 3.27. The SMILES string of the molecule is N#Cc1cc(C(F)(F)F)ccc1C(F)F. The molecule has 1 rings (SSSR count). The molecule has 0 unspecified atom stereocenters. The molecule has 0 saturated heterocycles. The van der Waals surface area contributed by atoms with E-state index in [1.807, 2.05) is 0 Å². The third-order valence-electron chi connectivity index (χ3n) is 1.74. The van der Waals surface area contributed by atoms with Crippen LogP contribution in [0, 0.1) is 11.3 Å². The second-order valence-corrected chi connectivity index (χ2v) is 2.71. The van der Waals surface area contributed by atoms with E-state index < -0.39 is 29.3 Å². The maximum absolute atomic E-state index is 12.2. The Morgan fingerprint density at radius 2 is 1.80 bits per heavy atom. The summed E-state index contributed by atoms with van der Waals surface area (Å²) in [7, 11) is 0. The summed E-state index contributed by atoms with van der Waals surface area (Å²) in [6, 6.07) is 2.87. The first kappa shape index (κ1) is 11.4. The molecule has 0 aliphatic rings. The van der Waals surface area contributed by atoms with Gasteiger partial charge in [-0.3, -0.25) is 0 Å². The van der Waals surface area contributed by atoms with Crippen molar-refractivity contribution in [2.45, 2.75) is 12.6 Å². The lowest BCUT2D eigenvalue weighted by Gasteiger charge is -2.08. The molecule has 0 aromatic heterocycles. The van der Waals surface area contributed by atoms with Crippen LogP contribution in [0.25, 0.3) is 0 Å². The van der Waals surface area contributed by atoms with E-state index in [2.05, 4.69) is 0 Å². The van der Waals surface area contributed by atoms with Crippen LogP contribution in [-0.2, 0) is 6.18 Å². The van der Waals surface area contributed by atoms with E-state index in [-0.39, 0.29) is 0 Å². The fraction of sp³-hybridized carbons (Fsp3) is 0.222. The van der Waals surface area contributed by atoms with Crippen LogP contribution in [0.1, 0.15) is 23.1 Å². The first-order valence-corrected chi connectivity index (χ1v) is 3.75. The number of nitrogens with zero attached hydrogens (tertiary/aromatic N) is 1. The Bertz CT molecular complexity index is 402. The fourth-order valence-electron chi connectivity index (χ4n) is 1.02. The van der Waals surface area contributed by atoms with Gasteiger partial charge in [-0.2, -0.15) is 18.4 Å². The number of rotatable bonds is 1. The molecule has 0 spiro atoms. The van der Waals surface area contributed by atoms with Crippen LogP contribution in [0.3, 0.4) is 0 Å². The van der Waals surface area contributed by atoms with Crippen LogP contribution in [0.5, 0.6) is 0 Å². The summed E-state index contributed by atoms with van der Waals surface area (Å²) in [6.45, 7) is 0. The van der Waals surface area contributed by atoms with Gasteiger partial charge in [-0.15, -0.1) is 0 Å². The van der Waals surface area contributed by atoms with Gasteiger partial charge in [0.15, 0.2) is 0 Å². The molecule has 80 valence electrons. The van der Waals surface area contributed by atoms with Crippen molar-refractivity contribution in [3.8, 4) is 6.07 Å². The number of hydrogen-bond acceptors (Lipinski definition) is 1. The highest BCUT2D eigenvalue weighted by atomic mass is 19.4. The predicted molar refractivity (Wildman–Crippen MR) is 41.1 cm³/mol. The zero-order chi connectivity index (χ0) is 11.6. The standard InChI is InChI=1S/C9H4F5N/c10-8(11)7-2-1-6(9(12,13)14)3-5(7)4-15/h1-3,8H. The van der Waals surface area contributed by atoms with Gasteiger partial charge in [-0.05, 0) is 12.1 Å². The molecule has 0 bridgehead atoms. The summed E-state index contributed by atoms with van der Waals surface area (Å²) in [5.41, 5.74) is -2.45. The van der Waals surface area contributed by atoms with Crippen molar-refractivity contribution in [3.05, 3.63) is 34.9 Å². The van der Waals surface area contributed by atoms with Crippen LogP contribution in [0.4, 0.5) is 22.0 Å². The van der Waals surface area contributed by atoms with E-state index in [0.717, 1.165) is 0 Å². The molecule has 0 atom stereocenters. The molecule has 1 aromatic rings. The summed E-state index contributed by atoms with van der Waals surface area (Å²) >= 11 is 0. The predicted octanol–water partition coefficient (Wildman–Crippen LogP) is 3.51. The second kappa shape index (κ2) is 3.85. The lowest BCUT2D eigenvalue weighted by Crippen LogP contribution is -2.06. The summed E-state index contributed by atoms with van der Waals surface area (Å²) in [4.78, 5) is 0.